The number of nitrogens with zero attached hydrogens (tertiary/aromatic N) is 1. The Morgan fingerprint density at radius 3 is 2.12 bits per heavy atom. The molecule has 2 nitrogen and oxygen atoms in total. The summed E-state index contributed by atoms with van der Waals surface area (Å²) in [6.07, 6.45) is 4.16. The third-order valence-electron chi connectivity index (χ3n) is 5.72. The first-order valence-electron chi connectivity index (χ1n) is 11.1. The average molecular weight is 481 g/mol. The Labute approximate surface area is 209 Å². The fraction of sp³-hybridized carbons (Fsp3) is 0.0333. The molecule has 0 amide bonds. The normalized spacial score (nSPS) is 11.5. The number of pyridine rings is 1. The van der Waals surface area contributed by atoms with Crippen molar-refractivity contribution < 1.29 is 0 Å². The fourth-order valence-corrected chi connectivity index (χ4v) is 4.30. The zero-order valence-electron chi connectivity index (χ0n) is 18.4. The van der Waals surface area contributed by atoms with Gasteiger partial charge in [-0.15, -0.1) is 0 Å². The van der Waals surface area contributed by atoms with Crippen molar-refractivity contribution in [3.05, 3.63) is 130 Å². The molecular formula is C30H22Cl2N2. The van der Waals surface area contributed by atoms with Crippen molar-refractivity contribution in [1.82, 2.24) is 4.98 Å². The molecule has 4 aromatic carbocycles. The van der Waals surface area contributed by atoms with Gasteiger partial charge >= 0.3 is 0 Å². The standard InChI is InChI=1S/C30H22Cl2N2/c31-24-14-10-21(11-15-24)18-23(19-33-26-6-2-1-3-7-26)28-20-34-29-9-5-4-8-27(29)30(28)22-12-16-25(32)17-13-22/h1-18,20,33H,19H2/b23-18+. The Hall–Kier alpha value is -3.59. The number of halogens is 2. The van der Waals surface area contributed by atoms with Gasteiger partial charge in [0.25, 0.3) is 0 Å². The molecule has 5 aromatic rings. The predicted octanol–water partition coefficient (Wildman–Crippen LogP) is 8.86. The molecule has 34 heavy (non-hydrogen) atoms. The van der Waals surface area contributed by atoms with Crippen LogP contribution in [0.4, 0.5) is 5.69 Å². The van der Waals surface area contributed by atoms with Gasteiger partial charge in [-0.25, -0.2) is 0 Å². The lowest BCUT2D eigenvalue weighted by Crippen LogP contribution is -2.06. The van der Waals surface area contributed by atoms with Gasteiger partial charge in [0.05, 0.1) is 5.52 Å². The van der Waals surface area contributed by atoms with E-state index < -0.39 is 0 Å². The maximum absolute atomic E-state index is 6.21. The second kappa shape index (κ2) is 10.1. The molecule has 0 radical (unpaired) electrons. The highest BCUT2D eigenvalue weighted by molar-refractivity contribution is 6.31. The summed E-state index contributed by atoms with van der Waals surface area (Å²) in [5.74, 6) is 0. The van der Waals surface area contributed by atoms with Gasteiger partial charge in [0.1, 0.15) is 0 Å². The van der Waals surface area contributed by atoms with E-state index in [1.165, 1.54) is 0 Å². The Morgan fingerprint density at radius 2 is 1.38 bits per heavy atom. The number of hydrogen-bond donors (Lipinski definition) is 1. The van der Waals surface area contributed by atoms with Crippen molar-refractivity contribution in [3.63, 3.8) is 0 Å². The Balaban J connectivity index is 1.69. The van der Waals surface area contributed by atoms with E-state index in [1.54, 1.807) is 0 Å². The van der Waals surface area contributed by atoms with Crippen molar-refractivity contribution in [2.75, 3.05) is 11.9 Å². The van der Waals surface area contributed by atoms with Gasteiger partial charge in [-0.05, 0) is 65.2 Å². The molecule has 0 fully saturated rings. The molecule has 5 rings (SSSR count). The van der Waals surface area contributed by atoms with Crippen molar-refractivity contribution in [2.45, 2.75) is 0 Å². The molecule has 0 saturated heterocycles. The van der Waals surface area contributed by atoms with Gasteiger partial charge in [-0.1, -0.05) is 83.9 Å². The third kappa shape index (κ3) is 4.99. The van der Waals surface area contributed by atoms with E-state index in [-0.39, 0.29) is 0 Å². The third-order valence-corrected chi connectivity index (χ3v) is 6.23. The van der Waals surface area contributed by atoms with E-state index >= 15 is 0 Å². The molecule has 0 saturated carbocycles. The van der Waals surface area contributed by atoms with E-state index in [0.717, 1.165) is 49.4 Å². The summed E-state index contributed by atoms with van der Waals surface area (Å²) in [6.45, 7) is 0.632. The Bertz CT molecular complexity index is 1440. The summed E-state index contributed by atoms with van der Waals surface area (Å²) < 4.78 is 0. The number of rotatable bonds is 6. The molecular weight excluding hydrogens is 459 g/mol. The maximum Gasteiger partial charge on any atom is 0.0708 e. The van der Waals surface area contributed by atoms with Gasteiger partial charge in [-0.2, -0.15) is 0 Å². The zero-order valence-corrected chi connectivity index (χ0v) is 19.9. The molecule has 0 aliphatic rings. The first-order chi connectivity index (χ1) is 16.7. The van der Waals surface area contributed by atoms with E-state index in [0.29, 0.717) is 11.6 Å². The van der Waals surface area contributed by atoms with E-state index in [2.05, 4.69) is 47.8 Å². The lowest BCUT2D eigenvalue weighted by atomic mass is 9.91. The monoisotopic (exact) mass is 480 g/mol. The van der Waals surface area contributed by atoms with Gasteiger partial charge in [-0.3, -0.25) is 4.98 Å². The highest BCUT2D eigenvalue weighted by Gasteiger charge is 2.15. The number of anilines is 1. The molecule has 1 aromatic heterocycles. The Kier molecular flexibility index (Phi) is 6.62. The Morgan fingerprint density at radius 1 is 0.735 bits per heavy atom. The number of hydrogen-bond acceptors (Lipinski definition) is 2. The highest BCUT2D eigenvalue weighted by Crippen LogP contribution is 2.36. The van der Waals surface area contributed by atoms with Crippen LogP contribution >= 0.6 is 23.2 Å². The van der Waals surface area contributed by atoms with Crippen LogP contribution in [0, 0.1) is 0 Å². The first-order valence-corrected chi connectivity index (χ1v) is 11.8. The summed E-state index contributed by atoms with van der Waals surface area (Å²) in [5, 5.41) is 6.10. The van der Waals surface area contributed by atoms with Crippen LogP contribution in [0.15, 0.2) is 109 Å². The van der Waals surface area contributed by atoms with Gasteiger partial charge in [0.15, 0.2) is 0 Å². The molecule has 0 aliphatic heterocycles. The van der Waals surface area contributed by atoms with Crippen LogP contribution < -0.4 is 5.32 Å². The van der Waals surface area contributed by atoms with Crippen molar-refractivity contribution >= 4 is 51.4 Å². The number of aromatic nitrogens is 1. The summed E-state index contributed by atoms with van der Waals surface area (Å²) in [6, 6.07) is 34.3. The first kappa shape index (κ1) is 22.2. The van der Waals surface area contributed by atoms with Crippen LogP contribution in [0.2, 0.25) is 10.0 Å². The minimum Gasteiger partial charge on any atom is -0.381 e. The summed E-state index contributed by atoms with van der Waals surface area (Å²) in [7, 11) is 0. The molecule has 0 spiro atoms. The molecule has 0 bridgehead atoms. The van der Waals surface area contributed by atoms with Crippen molar-refractivity contribution in [1.29, 1.82) is 0 Å². The molecule has 0 aliphatic carbocycles. The second-order valence-corrected chi connectivity index (χ2v) is 8.88. The maximum atomic E-state index is 6.21. The van der Waals surface area contributed by atoms with E-state index in [9.17, 15) is 0 Å². The molecule has 166 valence electrons. The number of fused-ring (bicyclic) bond motifs is 1. The minimum atomic E-state index is 0.632. The summed E-state index contributed by atoms with van der Waals surface area (Å²) in [4.78, 5) is 4.80. The number of para-hydroxylation sites is 2. The topological polar surface area (TPSA) is 24.9 Å². The van der Waals surface area contributed by atoms with Crippen LogP contribution in [-0.2, 0) is 0 Å². The van der Waals surface area contributed by atoms with Crippen molar-refractivity contribution in [3.8, 4) is 11.1 Å². The average Bonchev–Trinajstić information content (AvgIpc) is 2.88. The van der Waals surface area contributed by atoms with Crippen LogP contribution in [-0.4, -0.2) is 11.5 Å². The SMILES string of the molecule is Clc1ccc(/C=C(\CNc2ccccc2)c2cnc3ccccc3c2-c2ccc(Cl)cc2)cc1. The van der Waals surface area contributed by atoms with Crippen LogP contribution in [0.3, 0.4) is 0 Å². The molecule has 0 unspecified atom stereocenters. The van der Waals surface area contributed by atoms with Gasteiger partial charge in [0, 0.05) is 45.0 Å². The molecule has 0 atom stereocenters. The lowest BCUT2D eigenvalue weighted by molar-refractivity contribution is 1.32. The largest absolute Gasteiger partial charge is 0.381 e. The lowest BCUT2D eigenvalue weighted by Gasteiger charge is -2.17. The van der Waals surface area contributed by atoms with Gasteiger partial charge < -0.3 is 5.32 Å². The fourth-order valence-electron chi connectivity index (χ4n) is 4.05. The minimum absolute atomic E-state index is 0.632. The zero-order chi connectivity index (χ0) is 23.3. The molecule has 1 N–H and O–H groups in total. The second-order valence-electron chi connectivity index (χ2n) is 8.01. The van der Waals surface area contributed by atoms with Crippen LogP contribution in [0.1, 0.15) is 11.1 Å². The smallest absolute Gasteiger partial charge is 0.0708 e. The predicted molar refractivity (Wildman–Crippen MR) is 146 cm³/mol. The highest BCUT2D eigenvalue weighted by atomic mass is 35.5. The molecule has 4 heteroatoms. The quantitative estimate of drug-likeness (QED) is 0.262. The summed E-state index contributed by atoms with van der Waals surface area (Å²) in [5.41, 5.74) is 7.51. The van der Waals surface area contributed by atoms with Crippen LogP contribution in [0.25, 0.3) is 33.7 Å². The van der Waals surface area contributed by atoms with E-state index in [4.69, 9.17) is 28.2 Å². The number of benzene rings is 4. The van der Waals surface area contributed by atoms with E-state index in [1.807, 2.05) is 72.9 Å². The number of nitrogens with one attached hydrogen (secondary N) is 1. The summed E-state index contributed by atoms with van der Waals surface area (Å²) >= 11 is 12.3. The van der Waals surface area contributed by atoms with Crippen molar-refractivity contribution in [2.24, 2.45) is 0 Å². The van der Waals surface area contributed by atoms with Crippen LogP contribution in [0.5, 0.6) is 0 Å². The molecule has 1 heterocycles. The van der Waals surface area contributed by atoms with Gasteiger partial charge in [0.2, 0.25) is 0 Å².